The normalized spacial score (nSPS) is 14.5. The SMILES string of the molecule is CN(C)C(=O)Nc1nc2c(s1)CN(Cc1ccccc1)CC2. The summed E-state index contributed by atoms with van der Waals surface area (Å²) in [6.07, 6.45) is 0.941. The molecule has 22 heavy (non-hydrogen) atoms. The number of carbonyl (C=O) groups is 1. The first-order valence-corrected chi connectivity index (χ1v) is 8.16. The van der Waals surface area contributed by atoms with Crippen LogP contribution < -0.4 is 5.32 Å². The Kier molecular flexibility index (Phi) is 4.40. The van der Waals surface area contributed by atoms with E-state index in [1.54, 1.807) is 25.4 Å². The highest BCUT2D eigenvalue weighted by atomic mass is 32.1. The van der Waals surface area contributed by atoms with Crippen molar-refractivity contribution >= 4 is 22.5 Å². The number of hydrogen-bond donors (Lipinski definition) is 1. The molecule has 2 amide bonds. The minimum atomic E-state index is -0.132. The quantitative estimate of drug-likeness (QED) is 0.947. The molecule has 2 aromatic rings. The van der Waals surface area contributed by atoms with E-state index in [1.807, 2.05) is 6.07 Å². The van der Waals surface area contributed by atoms with Gasteiger partial charge >= 0.3 is 6.03 Å². The maximum atomic E-state index is 11.7. The van der Waals surface area contributed by atoms with E-state index in [0.29, 0.717) is 5.13 Å². The molecule has 0 spiro atoms. The van der Waals surface area contributed by atoms with Gasteiger partial charge in [0.05, 0.1) is 5.69 Å². The molecule has 0 aliphatic carbocycles. The molecule has 0 atom stereocenters. The summed E-state index contributed by atoms with van der Waals surface area (Å²) in [5, 5.41) is 3.54. The average Bonchev–Trinajstić information content (AvgIpc) is 2.89. The molecule has 1 N–H and O–H groups in total. The lowest BCUT2D eigenvalue weighted by molar-refractivity contribution is 0.230. The molecule has 6 heteroatoms. The number of nitrogens with zero attached hydrogens (tertiary/aromatic N) is 3. The number of fused-ring (bicyclic) bond motifs is 1. The Balaban J connectivity index is 1.66. The minimum Gasteiger partial charge on any atom is -0.331 e. The van der Waals surface area contributed by atoms with Crippen LogP contribution in [-0.4, -0.2) is 41.5 Å². The zero-order chi connectivity index (χ0) is 15.5. The van der Waals surface area contributed by atoms with Crippen LogP contribution in [-0.2, 0) is 19.5 Å². The highest BCUT2D eigenvalue weighted by Gasteiger charge is 2.21. The summed E-state index contributed by atoms with van der Waals surface area (Å²) < 4.78 is 0. The number of anilines is 1. The Labute approximate surface area is 134 Å². The second-order valence-corrected chi connectivity index (χ2v) is 6.74. The number of benzene rings is 1. The summed E-state index contributed by atoms with van der Waals surface area (Å²) in [6.45, 7) is 2.87. The lowest BCUT2D eigenvalue weighted by atomic mass is 10.1. The van der Waals surface area contributed by atoms with E-state index in [0.717, 1.165) is 31.7 Å². The Morgan fingerprint density at radius 1 is 1.36 bits per heavy atom. The third kappa shape index (κ3) is 3.45. The number of urea groups is 1. The van der Waals surface area contributed by atoms with Crippen molar-refractivity contribution in [2.75, 3.05) is 26.0 Å². The van der Waals surface area contributed by atoms with Gasteiger partial charge in [0.2, 0.25) is 0 Å². The molecular weight excluding hydrogens is 296 g/mol. The first kappa shape index (κ1) is 15.0. The Bertz CT molecular complexity index is 653. The molecular formula is C16H20N4OS. The summed E-state index contributed by atoms with van der Waals surface area (Å²) in [6, 6.07) is 10.4. The maximum absolute atomic E-state index is 11.7. The molecule has 0 radical (unpaired) electrons. The molecule has 116 valence electrons. The van der Waals surface area contributed by atoms with Gasteiger partial charge in [-0.1, -0.05) is 30.3 Å². The first-order chi connectivity index (χ1) is 10.6. The van der Waals surface area contributed by atoms with Gasteiger partial charge in [-0.25, -0.2) is 9.78 Å². The van der Waals surface area contributed by atoms with Crippen molar-refractivity contribution in [3.63, 3.8) is 0 Å². The third-order valence-electron chi connectivity index (χ3n) is 3.68. The predicted octanol–water partition coefficient (Wildman–Crippen LogP) is 2.79. The van der Waals surface area contributed by atoms with E-state index in [-0.39, 0.29) is 6.03 Å². The summed E-state index contributed by atoms with van der Waals surface area (Å²) in [7, 11) is 3.45. The summed E-state index contributed by atoms with van der Waals surface area (Å²) in [5.74, 6) is 0. The minimum absolute atomic E-state index is 0.132. The van der Waals surface area contributed by atoms with Crippen molar-refractivity contribution in [1.82, 2.24) is 14.8 Å². The van der Waals surface area contributed by atoms with Gasteiger partial charge in [-0.2, -0.15) is 0 Å². The van der Waals surface area contributed by atoms with E-state index in [2.05, 4.69) is 39.5 Å². The molecule has 5 nitrogen and oxygen atoms in total. The van der Waals surface area contributed by atoms with E-state index in [4.69, 9.17) is 0 Å². The number of rotatable bonds is 3. The standard InChI is InChI=1S/C16H20N4OS/c1-19(2)16(21)18-15-17-13-8-9-20(11-14(13)22-15)10-12-6-4-3-5-7-12/h3-7H,8-11H2,1-2H3,(H,17,18,21). The molecule has 1 aromatic heterocycles. The second-order valence-electron chi connectivity index (χ2n) is 5.66. The van der Waals surface area contributed by atoms with E-state index >= 15 is 0 Å². The van der Waals surface area contributed by atoms with Gasteiger partial charge in [0.1, 0.15) is 0 Å². The van der Waals surface area contributed by atoms with Crippen LogP contribution in [0.4, 0.5) is 9.93 Å². The largest absolute Gasteiger partial charge is 0.331 e. The van der Waals surface area contributed by atoms with Crippen LogP contribution in [0, 0.1) is 0 Å². The molecule has 2 heterocycles. The van der Waals surface area contributed by atoms with Crippen molar-refractivity contribution < 1.29 is 4.79 Å². The fourth-order valence-corrected chi connectivity index (χ4v) is 3.52. The van der Waals surface area contributed by atoms with Crippen molar-refractivity contribution in [3.8, 4) is 0 Å². The van der Waals surface area contributed by atoms with E-state index in [1.165, 1.54) is 15.3 Å². The maximum Gasteiger partial charge on any atom is 0.323 e. The van der Waals surface area contributed by atoms with Crippen molar-refractivity contribution in [2.24, 2.45) is 0 Å². The van der Waals surface area contributed by atoms with Gasteiger partial charge in [-0.15, -0.1) is 11.3 Å². The van der Waals surface area contributed by atoms with Crippen LogP contribution in [0.15, 0.2) is 30.3 Å². The average molecular weight is 316 g/mol. The van der Waals surface area contributed by atoms with Gasteiger partial charge < -0.3 is 4.90 Å². The first-order valence-electron chi connectivity index (χ1n) is 7.35. The lowest BCUT2D eigenvalue weighted by Gasteiger charge is -2.25. The molecule has 0 saturated heterocycles. The van der Waals surface area contributed by atoms with Crippen molar-refractivity contribution in [3.05, 3.63) is 46.5 Å². The zero-order valence-electron chi connectivity index (χ0n) is 12.9. The topological polar surface area (TPSA) is 48.5 Å². The number of nitrogens with one attached hydrogen (secondary N) is 1. The van der Waals surface area contributed by atoms with Crippen LogP contribution in [0.3, 0.4) is 0 Å². The summed E-state index contributed by atoms with van der Waals surface area (Å²) >= 11 is 1.58. The van der Waals surface area contributed by atoms with Crippen LogP contribution in [0.1, 0.15) is 16.1 Å². The van der Waals surface area contributed by atoms with Crippen LogP contribution in [0.2, 0.25) is 0 Å². The molecule has 0 fully saturated rings. The summed E-state index contributed by atoms with van der Waals surface area (Å²) in [5.41, 5.74) is 2.46. The van der Waals surface area contributed by atoms with E-state index in [9.17, 15) is 4.79 Å². The van der Waals surface area contributed by atoms with Crippen molar-refractivity contribution in [2.45, 2.75) is 19.5 Å². The third-order valence-corrected chi connectivity index (χ3v) is 4.68. The lowest BCUT2D eigenvalue weighted by Crippen LogP contribution is -2.29. The van der Waals surface area contributed by atoms with Crippen LogP contribution in [0.25, 0.3) is 0 Å². The van der Waals surface area contributed by atoms with Gasteiger partial charge in [-0.3, -0.25) is 10.2 Å². The van der Waals surface area contributed by atoms with Gasteiger partial charge in [-0.05, 0) is 5.56 Å². The van der Waals surface area contributed by atoms with Crippen LogP contribution in [0.5, 0.6) is 0 Å². The monoisotopic (exact) mass is 316 g/mol. The number of aromatic nitrogens is 1. The predicted molar refractivity (Wildman–Crippen MR) is 89.1 cm³/mol. The Morgan fingerprint density at radius 2 is 2.14 bits per heavy atom. The van der Waals surface area contributed by atoms with Gasteiger partial charge in [0, 0.05) is 45.0 Å². The fourth-order valence-electron chi connectivity index (χ4n) is 2.48. The molecule has 0 saturated carbocycles. The fraction of sp³-hybridized carbons (Fsp3) is 0.375. The molecule has 0 unspecified atom stereocenters. The molecule has 3 rings (SSSR count). The van der Waals surface area contributed by atoms with Crippen molar-refractivity contribution in [1.29, 1.82) is 0 Å². The Morgan fingerprint density at radius 3 is 2.86 bits per heavy atom. The molecule has 1 aliphatic heterocycles. The number of hydrogen-bond acceptors (Lipinski definition) is 4. The molecule has 0 bridgehead atoms. The van der Waals surface area contributed by atoms with Gasteiger partial charge in [0.25, 0.3) is 0 Å². The highest BCUT2D eigenvalue weighted by Crippen LogP contribution is 2.29. The Hall–Kier alpha value is -1.92. The smallest absolute Gasteiger partial charge is 0.323 e. The zero-order valence-corrected chi connectivity index (χ0v) is 13.7. The molecule has 1 aromatic carbocycles. The number of carbonyl (C=O) groups excluding carboxylic acids is 1. The van der Waals surface area contributed by atoms with Crippen LogP contribution >= 0.6 is 11.3 Å². The summed E-state index contributed by atoms with van der Waals surface area (Å²) in [4.78, 5) is 21.4. The van der Waals surface area contributed by atoms with Gasteiger partial charge in [0.15, 0.2) is 5.13 Å². The van der Waals surface area contributed by atoms with E-state index < -0.39 is 0 Å². The number of thiazole rings is 1. The molecule has 1 aliphatic rings. The number of amides is 2. The highest BCUT2D eigenvalue weighted by molar-refractivity contribution is 7.15. The second kappa shape index (κ2) is 6.46.